The summed E-state index contributed by atoms with van der Waals surface area (Å²) in [6.07, 6.45) is 11.6. The lowest BCUT2D eigenvalue weighted by molar-refractivity contribution is -0.136. The minimum atomic E-state index is -1.75. The van der Waals surface area contributed by atoms with Crippen LogP contribution in [0.25, 0.3) is 22.2 Å². The van der Waals surface area contributed by atoms with E-state index in [9.17, 15) is 41.8 Å². The summed E-state index contributed by atoms with van der Waals surface area (Å²) in [6, 6.07) is 20.6. The summed E-state index contributed by atoms with van der Waals surface area (Å²) < 4.78 is 56.6. The minimum Gasteiger partial charge on any atom is -0.388 e. The number of aromatic nitrogens is 9. The van der Waals surface area contributed by atoms with Gasteiger partial charge in [-0.05, 0) is 74.1 Å². The number of piperidine rings is 2. The average Bonchev–Trinajstić information content (AvgIpc) is 3.68. The van der Waals surface area contributed by atoms with Crippen molar-refractivity contribution < 1.29 is 37.0 Å². The van der Waals surface area contributed by atoms with Gasteiger partial charge in [0.1, 0.15) is 29.4 Å². The lowest BCUT2D eigenvalue weighted by atomic mass is 9.91. The fourth-order valence-corrected chi connectivity index (χ4v) is 7.79. The van der Waals surface area contributed by atoms with E-state index < -0.39 is 18.5 Å². The largest absolute Gasteiger partial charge is 0.388 e. The highest BCUT2D eigenvalue weighted by Crippen LogP contribution is 2.37. The number of nitrogens with zero attached hydrogens (tertiary/aromatic N) is 10. The predicted molar refractivity (Wildman–Crippen MR) is 244 cm³/mol. The number of aromatic amines is 1. The van der Waals surface area contributed by atoms with E-state index in [2.05, 4.69) is 37.4 Å². The van der Waals surface area contributed by atoms with Gasteiger partial charge in [0.15, 0.2) is 5.65 Å². The van der Waals surface area contributed by atoms with Crippen molar-refractivity contribution in [1.82, 2.24) is 53.5 Å². The Kier molecular flexibility index (Phi) is 17.5. The van der Waals surface area contributed by atoms with Gasteiger partial charge in [0, 0.05) is 64.0 Å². The summed E-state index contributed by atoms with van der Waals surface area (Å²) in [4.78, 5) is 59.0. The SMILES string of the molecule is CC.FCF.O=C(CCc1ccccc1)N1CCC2(CC1)CO2.O=C(CCn1ccc(F)n1)N1CCC(O)(Cn2cnc3c(cnn3-c3ccc(F)cc3)c2=O)CC1.O=c1[nH]cnn2cccc12. The molecule has 10 rings (SSSR count). The third-order valence-corrected chi connectivity index (χ3v) is 11.7. The first-order chi connectivity index (χ1) is 32.9. The van der Waals surface area contributed by atoms with Crippen LogP contribution in [0.4, 0.5) is 17.6 Å². The molecule has 0 radical (unpaired) electrons. The van der Waals surface area contributed by atoms with Crippen molar-refractivity contribution in [2.24, 2.45) is 0 Å². The molecule has 68 heavy (non-hydrogen) atoms. The van der Waals surface area contributed by atoms with Gasteiger partial charge in [-0.15, -0.1) is 5.10 Å². The van der Waals surface area contributed by atoms with Gasteiger partial charge in [0.25, 0.3) is 11.1 Å². The molecule has 1 spiro atoms. The van der Waals surface area contributed by atoms with E-state index in [0.29, 0.717) is 49.2 Å². The molecule has 2 N–H and O–H groups in total. The summed E-state index contributed by atoms with van der Waals surface area (Å²) in [7, 11) is 0. The molecule has 7 aromatic rings. The molecule has 0 bridgehead atoms. The Morgan fingerprint density at radius 3 is 2.09 bits per heavy atom. The molecule has 17 nitrogen and oxygen atoms in total. The third-order valence-electron chi connectivity index (χ3n) is 11.7. The van der Waals surface area contributed by atoms with Crippen LogP contribution >= 0.6 is 0 Å². The number of aliphatic hydroxyl groups is 1. The standard InChI is InChI=1S/C23H23F2N7O3.C15H19NO2.C6H5N3O.C2H6.CH2F2/c24-16-1-3-17(4-2-16)32-21-18(13-27-32)22(34)30(15-26-21)14-23(35)7-11-29(12-8-23)20(33)6-10-31-9-5-19(25)28-31;17-14(7-6-13-4-2-1-3-5-13)16-10-8-15(9-11-16)12-18-15;10-6-5-2-1-3-9(5)8-4-7-6;1-2;2-1-3/h1-5,9,13,15,35H,6-8,10-12,14H2;1-5H,6-12H2;1-4H,(H,7,8,10);1-2H3;1H2. The number of ether oxygens (including phenoxy) is 1. The van der Waals surface area contributed by atoms with Crippen molar-refractivity contribution in [3.05, 3.63) is 142 Å². The number of amides is 2. The van der Waals surface area contributed by atoms with Gasteiger partial charge >= 0.3 is 0 Å². The topological polar surface area (TPSA) is 194 Å². The van der Waals surface area contributed by atoms with Crippen LogP contribution in [0.1, 0.15) is 57.9 Å². The summed E-state index contributed by atoms with van der Waals surface area (Å²) in [5, 5.41) is 23.1. The number of H-pyrrole nitrogens is 1. The first-order valence-electron chi connectivity index (χ1n) is 22.3. The molecule has 3 aliphatic rings. The van der Waals surface area contributed by atoms with Gasteiger partial charge in [0.05, 0.1) is 36.2 Å². The van der Waals surface area contributed by atoms with Crippen molar-refractivity contribution in [2.45, 2.75) is 83.1 Å². The zero-order valence-corrected chi connectivity index (χ0v) is 37.9. The number of aryl methyl sites for hydroxylation is 2. The zero-order chi connectivity index (χ0) is 48.7. The first kappa shape index (κ1) is 50.4. The van der Waals surface area contributed by atoms with E-state index in [1.54, 1.807) is 35.4 Å². The second kappa shape index (κ2) is 23.6. The molecule has 0 saturated carbocycles. The highest BCUT2D eigenvalue weighted by molar-refractivity contribution is 5.77. The molecular formula is C47H55F4N11O6. The number of halogens is 4. The lowest BCUT2D eigenvalue weighted by Crippen LogP contribution is -2.49. The molecule has 5 aromatic heterocycles. The summed E-state index contributed by atoms with van der Waals surface area (Å²) in [5.74, 6) is -0.785. The smallest absolute Gasteiger partial charge is 0.275 e. The molecule has 2 amide bonds. The van der Waals surface area contributed by atoms with Crippen LogP contribution in [0.15, 0.2) is 114 Å². The number of likely N-dealkylation sites (tertiary alicyclic amines) is 2. The van der Waals surface area contributed by atoms with Crippen LogP contribution in [0, 0.1) is 11.8 Å². The van der Waals surface area contributed by atoms with Gasteiger partial charge in [-0.25, -0.2) is 27.4 Å². The second-order valence-corrected chi connectivity index (χ2v) is 16.1. The number of epoxide rings is 1. The van der Waals surface area contributed by atoms with E-state index >= 15 is 0 Å². The maximum absolute atomic E-state index is 13.2. The van der Waals surface area contributed by atoms with Crippen molar-refractivity contribution in [1.29, 1.82) is 0 Å². The Labute approximate surface area is 388 Å². The van der Waals surface area contributed by atoms with E-state index in [1.165, 1.54) is 67.3 Å². The van der Waals surface area contributed by atoms with Crippen LogP contribution in [0.3, 0.4) is 0 Å². The molecule has 2 aromatic carbocycles. The molecule has 0 atom stereocenters. The van der Waals surface area contributed by atoms with Crippen molar-refractivity contribution >= 4 is 28.4 Å². The molecule has 8 heterocycles. The Morgan fingerprint density at radius 1 is 0.824 bits per heavy atom. The van der Waals surface area contributed by atoms with Gasteiger partial charge < -0.3 is 24.6 Å². The molecule has 362 valence electrons. The van der Waals surface area contributed by atoms with Crippen molar-refractivity contribution in [3.63, 3.8) is 0 Å². The molecular weight excluding hydrogens is 891 g/mol. The Morgan fingerprint density at radius 2 is 1.47 bits per heavy atom. The van der Waals surface area contributed by atoms with Gasteiger partial charge in [0.2, 0.25) is 24.7 Å². The highest BCUT2D eigenvalue weighted by atomic mass is 19.3. The molecule has 21 heteroatoms. The van der Waals surface area contributed by atoms with Crippen LogP contribution in [-0.2, 0) is 33.8 Å². The van der Waals surface area contributed by atoms with Crippen molar-refractivity contribution in [3.8, 4) is 5.69 Å². The summed E-state index contributed by atoms with van der Waals surface area (Å²) >= 11 is 0. The number of fused-ring (bicyclic) bond motifs is 2. The van der Waals surface area contributed by atoms with Gasteiger partial charge in [-0.3, -0.25) is 28.4 Å². The fraction of sp³-hybridized carbons (Fsp3) is 0.404. The third kappa shape index (κ3) is 13.3. The maximum Gasteiger partial charge on any atom is 0.275 e. The number of hydrogen-bond donors (Lipinski definition) is 2. The van der Waals surface area contributed by atoms with Crippen LogP contribution < -0.4 is 11.1 Å². The monoisotopic (exact) mass is 945 g/mol. The molecule has 3 fully saturated rings. The zero-order valence-electron chi connectivity index (χ0n) is 37.9. The number of alkyl halides is 2. The number of nitrogens with one attached hydrogen (secondary N) is 1. The number of carbonyl (C=O) groups is 2. The summed E-state index contributed by atoms with van der Waals surface area (Å²) in [6.45, 7) is 5.88. The number of rotatable bonds is 9. The molecule has 3 aliphatic heterocycles. The Hall–Kier alpha value is -7.00. The van der Waals surface area contributed by atoms with E-state index in [0.717, 1.165) is 39.0 Å². The van der Waals surface area contributed by atoms with E-state index in [-0.39, 0.29) is 59.2 Å². The number of hydrogen-bond acceptors (Lipinski definition) is 10. The number of benzene rings is 2. The second-order valence-electron chi connectivity index (χ2n) is 16.1. The first-order valence-corrected chi connectivity index (χ1v) is 22.3. The Bertz CT molecular complexity index is 2810. The van der Waals surface area contributed by atoms with Crippen LogP contribution in [0.5, 0.6) is 0 Å². The normalized spacial score (nSPS) is 15.5. The highest BCUT2D eigenvalue weighted by Gasteiger charge is 2.47. The number of carbonyl (C=O) groups excluding carboxylic acids is 2. The predicted octanol–water partition coefficient (Wildman–Crippen LogP) is 5.44. The van der Waals surface area contributed by atoms with Crippen molar-refractivity contribution in [2.75, 3.05) is 39.7 Å². The summed E-state index contributed by atoms with van der Waals surface area (Å²) in [5.41, 5.74) is 1.25. The molecule has 3 saturated heterocycles. The fourth-order valence-electron chi connectivity index (χ4n) is 7.79. The molecule has 0 unspecified atom stereocenters. The van der Waals surface area contributed by atoms with E-state index in [1.807, 2.05) is 36.9 Å². The van der Waals surface area contributed by atoms with E-state index in [4.69, 9.17) is 4.74 Å². The lowest BCUT2D eigenvalue weighted by Gasteiger charge is -2.38. The quantitative estimate of drug-likeness (QED) is 0.139. The molecule has 0 aliphatic carbocycles. The Balaban J connectivity index is 0.000000190. The van der Waals surface area contributed by atoms with Crippen LogP contribution in [0.2, 0.25) is 0 Å². The van der Waals surface area contributed by atoms with Crippen LogP contribution in [-0.4, -0.2) is 121 Å². The average molecular weight is 946 g/mol. The minimum absolute atomic E-state index is 0.0328. The van der Waals surface area contributed by atoms with Gasteiger partial charge in [-0.2, -0.15) is 14.6 Å². The maximum atomic E-state index is 13.2. The van der Waals surface area contributed by atoms with Gasteiger partial charge in [-0.1, -0.05) is 44.2 Å².